The van der Waals surface area contributed by atoms with Gasteiger partial charge in [0.2, 0.25) is 0 Å². The molecule has 0 saturated carbocycles. The largest absolute Gasteiger partial charge is 0.349 e. The molecule has 1 rings (SSSR count). The average Bonchev–Trinajstić information content (AvgIpc) is 2.65. The number of nitrogens with one attached hydrogen (secondary N) is 1. The summed E-state index contributed by atoms with van der Waals surface area (Å²) >= 11 is 6.78. The van der Waals surface area contributed by atoms with Crippen LogP contribution in [0.1, 0.15) is 31.5 Å². The van der Waals surface area contributed by atoms with Crippen LogP contribution in [0.15, 0.2) is 12.4 Å². The van der Waals surface area contributed by atoms with Crippen molar-refractivity contribution in [3.8, 4) is 0 Å². The van der Waals surface area contributed by atoms with Crippen molar-refractivity contribution in [2.75, 3.05) is 10.7 Å². The SMILES string of the molecule is BrCCCCCCBr.Cc1ncc[nH]1. The molecule has 0 saturated heterocycles. The van der Waals surface area contributed by atoms with Crippen molar-refractivity contribution in [3.63, 3.8) is 0 Å². The predicted octanol–water partition coefficient (Wildman–Crippen LogP) is 4.05. The summed E-state index contributed by atoms with van der Waals surface area (Å²) in [4.78, 5) is 6.75. The summed E-state index contributed by atoms with van der Waals surface area (Å²) in [5, 5.41) is 2.32. The first kappa shape index (κ1) is 14.2. The molecule has 1 aromatic heterocycles. The molecule has 1 N–H and O–H groups in total. The zero-order valence-corrected chi connectivity index (χ0v) is 11.8. The summed E-state index contributed by atoms with van der Waals surface area (Å²) in [7, 11) is 0. The summed E-state index contributed by atoms with van der Waals surface area (Å²) in [6, 6.07) is 0. The van der Waals surface area contributed by atoms with Crippen molar-refractivity contribution < 1.29 is 0 Å². The van der Waals surface area contributed by atoms with E-state index < -0.39 is 0 Å². The molecule has 1 aromatic rings. The number of H-pyrrole nitrogens is 1. The molecule has 0 bridgehead atoms. The van der Waals surface area contributed by atoms with Crippen molar-refractivity contribution in [1.82, 2.24) is 9.97 Å². The van der Waals surface area contributed by atoms with Gasteiger partial charge in [-0.2, -0.15) is 0 Å². The molecule has 0 fully saturated rings. The van der Waals surface area contributed by atoms with Gasteiger partial charge in [0, 0.05) is 23.1 Å². The van der Waals surface area contributed by atoms with Crippen LogP contribution in [-0.4, -0.2) is 20.6 Å². The third kappa shape index (κ3) is 10.3. The quantitative estimate of drug-likeness (QED) is 0.642. The van der Waals surface area contributed by atoms with Gasteiger partial charge in [-0.1, -0.05) is 44.7 Å². The van der Waals surface area contributed by atoms with E-state index in [-0.39, 0.29) is 0 Å². The van der Waals surface area contributed by atoms with E-state index in [4.69, 9.17) is 0 Å². The number of rotatable bonds is 5. The van der Waals surface area contributed by atoms with Crippen LogP contribution in [0.5, 0.6) is 0 Å². The number of halogens is 2. The fourth-order valence-corrected chi connectivity index (χ4v) is 1.68. The number of alkyl halides is 2. The van der Waals surface area contributed by atoms with Crippen LogP contribution in [0, 0.1) is 6.92 Å². The van der Waals surface area contributed by atoms with E-state index in [0.29, 0.717) is 0 Å². The van der Waals surface area contributed by atoms with E-state index in [1.54, 1.807) is 12.4 Å². The molecule has 0 aliphatic rings. The molecule has 0 aliphatic carbocycles. The summed E-state index contributed by atoms with van der Waals surface area (Å²) < 4.78 is 0. The minimum absolute atomic E-state index is 0.968. The predicted molar refractivity (Wildman–Crippen MR) is 69.4 cm³/mol. The lowest BCUT2D eigenvalue weighted by Gasteiger charge is -1.92. The fraction of sp³-hybridized carbons (Fsp3) is 0.700. The molecular formula is C10H18Br2N2. The van der Waals surface area contributed by atoms with Crippen LogP contribution in [0.4, 0.5) is 0 Å². The maximum Gasteiger partial charge on any atom is 0.102 e. The Balaban J connectivity index is 0.000000249. The number of aromatic nitrogens is 2. The minimum atomic E-state index is 0.968. The van der Waals surface area contributed by atoms with Gasteiger partial charge in [0.25, 0.3) is 0 Å². The van der Waals surface area contributed by atoms with E-state index in [1.807, 2.05) is 6.92 Å². The standard InChI is InChI=1S/C6H12Br2.C4H6N2/c7-5-3-1-2-4-6-8;1-4-5-2-3-6-4/h1-6H2;2-3H,1H3,(H,5,6). The van der Waals surface area contributed by atoms with Crippen molar-refractivity contribution >= 4 is 31.9 Å². The molecular weight excluding hydrogens is 308 g/mol. The monoisotopic (exact) mass is 324 g/mol. The first-order valence-corrected chi connectivity index (χ1v) is 7.13. The number of aryl methyl sites for hydroxylation is 1. The molecule has 0 aromatic carbocycles. The summed E-state index contributed by atoms with van der Waals surface area (Å²) in [5.74, 6) is 0.968. The number of hydrogen-bond acceptors (Lipinski definition) is 1. The summed E-state index contributed by atoms with van der Waals surface area (Å²) in [5.41, 5.74) is 0. The Morgan fingerprint density at radius 2 is 1.71 bits per heavy atom. The second-order valence-electron chi connectivity index (χ2n) is 2.97. The highest BCUT2D eigenvalue weighted by atomic mass is 79.9. The molecule has 0 aliphatic heterocycles. The normalized spacial score (nSPS) is 9.36. The molecule has 2 nitrogen and oxygen atoms in total. The lowest BCUT2D eigenvalue weighted by molar-refractivity contribution is 0.715. The molecule has 0 amide bonds. The highest BCUT2D eigenvalue weighted by Gasteiger charge is 1.84. The van der Waals surface area contributed by atoms with Gasteiger partial charge in [-0.25, -0.2) is 4.98 Å². The number of unbranched alkanes of at least 4 members (excludes halogenated alkanes) is 3. The van der Waals surface area contributed by atoms with Gasteiger partial charge in [-0.05, 0) is 19.8 Å². The highest BCUT2D eigenvalue weighted by molar-refractivity contribution is 9.09. The van der Waals surface area contributed by atoms with Gasteiger partial charge in [-0.3, -0.25) is 0 Å². The first-order valence-electron chi connectivity index (χ1n) is 4.89. The van der Waals surface area contributed by atoms with Gasteiger partial charge >= 0.3 is 0 Å². The first-order chi connectivity index (χ1) is 6.81. The Kier molecular flexibility index (Phi) is 11.4. The lowest BCUT2D eigenvalue weighted by Crippen LogP contribution is -1.78. The zero-order valence-electron chi connectivity index (χ0n) is 8.60. The molecule has 82 valence electrons. The Labute approximate surface area is 103 Å². The fourth-order valence-electron chi connectivity index (χ4n) is 0.887. The molecule has 0 atom stereocenters. The highest BCUT2D eigenvalue weighted by Crippen LogP contribution is 2.02. The van der Waals surface area contributed by atoms with Gasteiger partial charge in [0.15, 0.2) is 0 Å². The van der Waals surface area contributed by atoms with E-state index in [2.05, 4.69) is 41.8 Å². The van der Waals surface area contributed by atoms with Crippen LogP contribution in [0.25, 0.3) is 0 Å². The van der Waals surface area contributed by atoms with Crippen LogP contribution in [0.2, 0.25) is 0 Å². The topological polar surface area (TPSA) is 28.7 Å². The number of nitrogens with zero attached hydrogens (tertiary/aromatic N) is 1. The molecule has 1 heterocycles. The second-order valence-corrected chi connectivity index (χ2v) is 4.55. The summed E-state index contributed by atoms with van der Waals surface area (Å²) in [6.45, 7) is 1.92. The maximum absolute atomic E-state index is 3.86. The maximum atomic E-state index is 3.86. The van der Waals surface area contributed by atoms with Crippen LogP contribution in [0.3, 0.4) is 0 Å². The lowest BCUT2D eigenvalue weighted by atomic mass is 10.2. The van der Waals surface area contributed by atoms with Crippen molar-refractivity contribution in [2.24, 2.45) is 0 Å². The minimum Gasteiger partial charge on any atom is -0.349 e. The van der Waals surface area contributed by atoms with Crippen molar-refractivity contribution in [3.05, 3.63) is 18.2 Å². The molecule has 4 heteroatoms. The molecule has 0 radical (unpaired) electrons. The van der Waals surface area contributed by atoms with E-state index in [9.17, 15) is 0 Å². The second kappa shape index (κ2) is 11.2. The van der Waals surface area contributed by atoms with E-state index >= 15 is 0 Å². The van der Waals surface area contributed by atoms with Crippen LogP contribution in [-0.2, 0) is 0 Å². The van der Waals surface area contributed by atoms with Crippen LogP contribution >= 0.6 is 31.9 Å². The molecule has 0 unspecified atom stereocenters. The number of imidazole rings is 1. The zero-order chi connectivity index (χ0) is 10.6. The van der Waals surface area contributed by atoms with E-state index in [1.165, 1.54) is 25.7 Å². The number of hydrogen-bond donors (Lipinski definition) is 1. The van der Waals surface area contributed by atoms with Gasteiger partial charge in [0.05, 0.1) is 0 Å². The Morgan fingerprint density at radius 3 is 1.93 bits per heavy atom. The third-order valence-corrected chi connectivity index (χ3v) is 2.77. The molecule has 0 spiro atoms. The van der Waals surface area contributed by atoms with Gasteiger partial charge < -0.3 is 4.98 Å². The Hall–Kier alpha value is 0.170. The van der Waals surface area contributed by atoms with Crippen molar-refractivity contribution in [2.45, 2.75) is 32.6 Å². The average molecular weight is 326 g/mol. The van der Waals surface area contributed by atoms with E-state index in [0.717, 1.165) is 16.5 Å². The third-order valence-electron chi connectivity index (χ3n) is 1.65. The summed E-state index contributed by atoms with van der Waals surface area (Å²) in [6.07, 6.45) is 8.93. The Morgan fingerprint density at radius 1 is 1.14 bits per heavy atom. The Bertz CT molecular complexity index is 182. The van der Waals surface area contributed by atoms with Gasteiger partial charge in [0.1, 0.15) is 5.82 Å². The molecule has 14 heavy (non-hydrogen) atoms. The van der Waals surface area contributed by atoms with Gasteiger partial charge in [-0.15, -0.1) is 0 Å². The van der Waals surface area contributed by atoms with Crippen LogP contribution < -0.4 is 0 Å². The number of aromatic amines is 1. The van der Waals surface area contributed by atoms with Crippen molar-refractivity contribution in [1.29, 1.82) is 0 Å². The smallest absolute Gasteiger partial charge is 0.102 e.